The Balaban J connectivity index is 1.69. The van der Waals surface area contributed by atoms with Crippen molar-refractivity contribution in [1.29, 1.82) is 0 Å². The Hall–Kier alpha value is -2.05. The minimum absolute atomic E-state index is 0.214. The predicted octanol–water partition coefficient (Wildman–Crippen LogP) is 3.80. The minimum Gasteiger partial charge on any atom is -0.463 e. The van der Waals surface area contributed by atoms with Gasteiger partial charge in [-0.1, -0.05) is 26.0 Å². The number of nitrogen functional groups attached to an aromatic ring is 1. The molecule has 3 N–H and O–H groups in total. The highest BCUT2D eigenvalue weighted by Crippen LogP contribution is 2.33. The molecule has 8 nitrogen and oxygen atoms in total. The van der Waals surface area contributed by atoms with Crippen molar-refractivity contribution in [2.24, 2.45) is 5.92 Å². The molecule has 2 heterocycles. The summed E-state index contributed by atoms with van der Waals surface area (Å²) in [7, 11) is 0. The average Bonchev–Trinajstić information content (AvgIpc) is 3.31. The van der Waals surface area contributed by atoms with E-state index in [0.29, 0.717) is 21.8 Å². The molecule has 0 aliphatic carbocycles. The summed E-state index contributed by atoms with van der Waals surface area (Å²) >= 11 is 3.63. The highest BCUT2D eigenvalue weighted by atomic mass is 32.2. The molecular formula is C19H22N4O4S3. The van der Waals surface area contributed by atoms with Crippen molar-refractivity contribution in [1.82, 2.24) is 15.4 Å². The lowest BCUT2D eigenvalue weighted by atomic mass is 10.2. The number of nitrogens with one attached hydrogen (secondary N) is 1. The van der Waals surface area contributed by atoms with Gasteiger partial charge in [0.15, 0.2) is 15.6 Å². The molecule has 0 bridgehead atoms. The van der Waals surface area contributed by atoms with E-state index in [2.05, 4.69) is 15.4 Å². The molecule has 3 aromatic rings. The van der Waals surface area contributed by atoms with Crippen LogP contribution in [-0.2, 0) is 19.2 Å². The molecule has 1 aromatic carbocycles. The number of esters is 1. The van der Waals surface area contributed by atoms with Gasteiger partial charge in [-0.05, 0) is 36.7 Å². The normalized spacial score (nSPS) is 13.5. The van der Waals surface area contributed by atoms with E-state index in [-0.39, 0.29) is 11.0 Å². The zero-order valence-corrected chi connectivity index (χ0v) is 19.1. The number of nitrogens with two attached hydrogens (primary N) is 1. The molecule has 3 rings (SSSR count). The van der Waals surface area contributed by atoms with E-state index in [4.69, 9.17) is 15.3 Å². The number of carbonyl (C=O) groups excluding carboxylic acids is 2. The topological polar surface area (TPSA) is 116 Å². The van der Waals surface area contributed by atoms with Gasteiger partial charge >= 0.3 is 5.97 Å². The van der Waals surface area contributed by atoms with Gasteiger partial charge in [0.1, 0.15) is 6.04 Å². The number of hydrogen-bond donors (Lipinski definition) is 2. The van der Waals surface area contributed by atoms with Crippen molar-refractivity contribution in [3.05, 3.63) is 35.3 Å². The summed E-state index contributed by atoms with van der Waals surface area (Å²) in [5.41, 5.74) is 9.64. The molecule has 30 heavy (non-hydrogen) atoms. The number of rotatable bonds is 9. The second-order valence-corrected chi connectivity index (χ2v) is 9.99. The van der Waals surface area contributed by atoms with Crippen molar-refractivity contribution in [3.8, 4) is 0 Å². The van der Waals surface area contributed by atoms with Crippen LogP contribution in [0.5, 0.6) is 0 Å². The van der Waals surface area contributed by atoms with Gasteiger partial charge in [-0.15, -0.1) is 22.7 Å². The fourth-order valence-corrected chi connectivity index (χ4v) is 4.86. The number of nitrogens with zero attached hydrogens (tertiary/aromatic N) is 2. The Morgan fingerprint density at radius 1 is 1.23 bits per heavy atom. The zero-order chi connectivity index (χ0) is 21.7. The van der Waals surface area contributed by atoms with Crippen LogP contribution in [0.3, 0.4) is 0 Å². The number of aromatic nitrogens is 2. The Labute approximate surface area is 186 Å². The quantitative estimate of drug-likeness (QED) is 0.276. The maximum absolute atomic E-state index is 13.0. The molecule has 2 aromatic heterocycles. The van der Waals surface area contributed by atoms with Crippen molar-refractivity contribution >= 4 is 60.9 Å². The van der Waals surface area contributed by atoms with E-state index in [9.17, 15) is 9.59 Å². The number of hydroxylamine groups is 1. The number of thiazole rings is 2. The third kappa shape index (κ3) is 5.99. The minimum atomic E-state index is -0.920. The molecule has 0 amide bonds. The van der Waals surface area contributed by atoms with E-state index >= 15 is 0 Å². The van der Waals surface area contributed by atoms with Gasteiger partial charge in [-0.3, -0.25) is 9.63 Å². The molecule has 0 saturated heterocycles. The van der Waals surface area contributed by atoms with Crippen LogP contribution in [0, 0.1) is 5.92 Å². The van der Waals surface area contributed by atoms with Crippen molar-refractivity contribution < 1.29 is 19.2 Å². The van der Waals surface area contributed by atoms with E-state index in [1.54, 1.807) is 12.3 Å². The van der Waals surface area contributed by atoms with Gasteiger partial charge < -0.3 is 10.5 Å². The van der Waals surface area contributed by atoms with Crippen LogP contribution in [0.2, 0.25) is 0 Å². The number of fused-ring (bicyclic) bond motifs is 1. The molecule has 11 heteroatoms. The van der Waals surface area contributed by atoms with Crippen LogP contribution in [0.1, 0.15) is 32.5 Å². The van der Waals surface area contributed by atoms with Crippen LogP contribution in [0.15, 0.2) is 34.0 Å². The van der Waals surface area contributed by atoms with Gasteiger partial charge in [0.25, 0.3) is 0 Å². The van der Waals surface area contributed by atoms with Gasteiger partial charge in [0.05, 0.1) is 22.5 Å². The molecule has 160 valence electrons. The van der Waals surface area contributed by atoms with Crippen molar-refractivity contribution in [2.75, 3.05) is 12.3 Å². The van der Waals surface area contributed by atoms with Gasteiger partial charge in [0, 0.05) is 5.38 Å². The van der Waals surface area contributed by atoms with Crippen LogP contribution in [0.4, 0.5) is 5.13 Å². The molecule has 0 saturated carbocycles. The second-order valence-electron chi connectivity index (χ2n) is 6.81. The van der Waals surface area contributed by atoms with E-state index < -0.39 is 18.1 Å². The van der Waals surface area contributed by atoms with E-state index in [1.165, 1.54) is 22.7 Å². The third-order valence-corrected chi connectivity index (χ3v) is 6.51. The van der Waals surface area contributed by atoms with Gasteiger partial charge in [-0.2, -0.15) is 5.48 Å². The first-order valence-electron chi connectivity index (χ1n) is 9.19. The first-order valence-corrected chi connectivity index (χ1v) is 11.7. The fourth-order valence-electron chi connectivity index (χ4n) is 2.29. The summed E-state index contributed by atoms with van der Waals surface area (Å²) in [6.45, 7) is 5.73. The molecule has 0 fully saturated rings. The van der Waals surface area contributed by atoms with E-state index in [1.807, 2.05) is 38.1 Å². The molecule has 0 spiro atoms. The lowest BCUT2D eigenvalue weighted by Crippen LogP contribution is -2.35. The van der Waals surface area contributed by atoms with Crippen LogP contribution in [-0.4, -0.2) is 33.8 Å². The molecular weight excluding hydrogens is 444 g/mol. The smallest absolute Gasteiger partial charge is 0.337 e. The van der Waals surface area contributed by atoms with Crippen molar-refractivity contribution in [3.63, 3.8) is 0 Å². The lowest BCUT2D eigenvalue weighted by molar-refractivity contribution is -0.164. The summed E-state index contributed by atoms with van der Waals surface area (Å²) in [6.07, 6.45) is -0.900. The Morgan fingerprint density at radius 2 is 2.00 bits per heavy atom. The number of para-hydroxylation sites is 1. The third-order valence-electron chi connectivity index (χ3n) is 3.79. The molecule has 0 radical (unpaired) electrons. The maximum atomic E-state index is 13.0. The highest BCUT2D eigenvalue weighted by molar-refractivity contribution is 8.15. The highest BCUT2D eigenvalue weighted by Gasteiger charge is 2.28. The largest absolute Gasteiger partial charge is 0.463 e. The summed E-state index contributed by atoms with van der Waals surface area (Å²) in [4.78, 5) is 39.1. The summed E-state index contributed by atoms with van der Waals surface area (Å²) in [6, 6.07) is 6.74. The van der Waals surface area contributed by atoms with Crippen LogP contribution >= 0.6 is 34.4 Å². The molecule has 0 aliphatic rings. The fraction of sp³-hybridized carbons (Fsp3) is 0.368. The van der Waals surface area contributed by atoms with E-state index in [0.717, 1.165) is 22.0 Å². The maximum Gasteiger partial charge on any atom is 0.337 e. The number of ether oxygens (including phenoxy) is 1. The first-order chi connectivity index (χ1) is 14.3. The number of carbonyl (C=O) groups is 2. The van der Waals surface area contributed by atoms with Gasteiger partial charge in [-0.25, -0.2) is 14.8 Å². The first kappa shape index (κ1) is 22.6. The Bertz CT molecular complexity index is 987. The average molecular weight is 467 g/mol. The summed E-state index contributed by atoms with van der Waals surface area (Å²) < 4.78 is 6.77. The molecule has 2 atom stereocenters. The summed E-state index contributed by atoms with van der Waals surface area (Å²) in [5.74, 6) is -0.300. The van der Waals surface area contributed by atoms with Crippen molar-refractivity contribution in [2.45, 2.75) is 37.3 Å². The summed E-state index contributed by atoms with van der Waals surface area (Å²) in [5, 5.41) is 1.73. The second kappa shape index (κ2) is 10.3. The van der Waals surface area contributed by atoms with Gasteiger partial charge in [0.2, 0.25) is 5.12 Å². The number of anilines is 1. The number of benzene rings is 1. The lowest BCUT2D eigenvalue weighted by Gasteiger charge is -2.18. The number of hydrogen-bond acceptors (Lipinski definition) is 11. The monoisotopic (exact) mass is 466 g/mol. The Morgan fingerprint density at radius 3 is 2.67 bits per heavy atom. The standard InChI is InChI=1S/C19H22N4O4S3/c1-10(2)8-26-16(24)11(3)27-23-15(13-9-28-18(20)21-13)17(25)30-19-22-12-6-4-5-7-14(12)29-19/h4-7,9-11,15,23H,8H2,1-3H3,(H2,20,21)/t11-,15?/m0/s1. The van der Waals surface area contributed by atoms with Crippen LogP contribution < -0.4 is 11.2 Å². The number of thioether (sulfide) groups is 1. The SMILES string of the molecule is CC(C)COC(=O)[C@H](C)ONC(C(=O)Sc1nc2ccccc2s1)c1csc(N)n1. The Kier molecular flexibility index (Phi) is 7.78. The molecule has 1 unspecified atom stereocenters. The molecule has 0 aliphatic heterocycles. The predicted molar refractivity (Wildman–Crippen MR) is 119 cm³/mol. The zero-order valence-electron chi connectivity index (χ0n) is 16.7. The van der Waals surface area contributed by atoms with Crippen LogP contribution in [0.25, 0.3) is 10.2 Å².